The molecule has 3 rings (SSSR count). The molecular weight excluding hydrogens is 404 g/mol. The van der Waals surface area contributed by atoms with Crippen molar-refractivity contribution in [3.8, 4) is 23.8 Å². The molecule has 0 amide bonds. The molecule has 3 aromatic carbocycles. The molecule has 0 bridgehead atoms. The van der Waals surface area contributed by atoms with E-state index in [4.69, 9.17) is 11.2 Å². The maximum Gasteiger partial charge on any atom is 0.416 e. The largest absolute Gasteiger partial charge is 0.454 e. The minimum atomic E-state index is -4.42. The van der Waals surface area contributed by atoms with Crippen molar-refractivity contribution in [2.24, 2.45) is 0 Å². The van der Waals surface area contributed by atoms with Crippen molar-refractivity contribution in [3.05, 3.63) is 95.3 Å². The molecule has 0 N–H and O–H groups in total. The van der Waals surface area contributed by atoms with E-state index in [1.54, 1.807) is 49.4 Å². The fraction of sp³-hybridized carbons (Fsp3) is 0.231. The maximum atomic E-state index is 14.1. The first-order chi connectivity index (χ1) is 14.7. The highest BCUT2D eigenvalue weighted by molar-refractivity contribution is 5.38. The van der Waals surface area contributed by atoms with E-state index < -0.39 is 23.0 Å². The molecule has 0 spiro atoms. The fourth-order valence-corrected chi connectivity index (χ4v) is 3.38. The zero-order valence-electron chi connectivity index (χ0n) is 17.0. The summed E-state index contributed by atoms with van der Waals surface area (Å²) in [4.78, 5) is 0. The summed E-state index contributed by atoms with van der Waals surface area (Å²) in [6.45, 7) is 1.76. The molecule has 160 valence electrons. The summed E-state index contributed by atoms with van der Waals surface area (Å²) in [6.07, 6.45) is 2.97. The van der Waals surface area contributed by atoms with Gasteiger partial charge in [-0.1, -0.05) is 48.4 Å². The highest BCUT2D eigenvalue weighted by Gasteiger charge is 2.32. The Morgan fingerprint density at radius 2 is 1.61 bits per heavy atom. The van der Waals surface area contributed by atoms with Crippen LogP contribution in [0.4, 0.5) is 17.6 Å². The van der Waals surface area contributed by atoms with Gasteiger partial charge in [-0.15, -0.1) is 6.42 Å². The van der Waals surface area contributed by atoms with Crippen LogP contribution in [-0.2, 0) is 18.0 Å². The number of para-hydroxylation sites is 1. The van der Waals surface area contributed by atoms with Crippen molar-refractivity contribution in [1.29, 1.82) is 0 Å². The summed E-state index contributed by atoms with van der Waals surface area (Å²) in [6, 6.07) is 18.7. The number of terminal acetylenes is 1. The number of hydrogen-bond acceptors (Lipinski definition) is 1. The van der Waals surface area contributed by atoms with Crippen molar-refractivity contribution < 1.29 is 22.3 Å². The predicted molar refractivity (Wildman–Crippen MR) is 113 cm³/mol. The lowest BCUT2D eigenvalue weighted by Gasteiger charge is -2.25. The summed E-state index contributed by atoms with van der Waals surface area (Å²) in [5.74, 6) is 2.85. The summed E-state index contributed by atoms with van der Waals surface area (Å²) in [5, 5.41) is 0. The molecule has 0 heterocycles. The minimum Gasteiger partial charge on any atom is -0.454 e. The van der Waals surface area contributed by atoms with Crippen LogP contribution in [0.25, 0.3) is 0 Å². The Bertz CT molecular complexity index is 1070. The van der Waals surface area contributed by atoms with Crippen molar-refractivity contribution in [2.75, 3.05) is 0 Å². The van der Waals surface area contributed by atoms with Gasteiger partial charge in [0.05, 0.1) is 11.0 Å². The Balaban J connectivity index is 1.70. The zero-order valence-corrected chi connectivity index (χ0v) is 17.0. The average Bonchev–Trinajstić information content (AvgIpc) is 2.76. The first-order valence-corrected chi connectivity index (χ1v) is 9.88. The van der Waals surface area contributed by atoms with Gasteiger partial charge < -0.3 is 4.74 Å². The van der Waals surface area contributed by atoms with Crippen LogP contribution in [0.3, 0.4) is 0 Å². The lowest BCUT2D eigenvalue weighted by atomic mass is 9.78. The number of benzene rings is 3. The highest BCUT2D eigenvalue weighted by atomic mass is 19.4. The first-order valence-electron chi connectivity index (χ1n) is 9.88. The normalized spacial score (nSPS) is 13.3. The van der Waals surface area contributed by atoms with Gasteiger partial charge in [0.15, 0.2) is 11.6 Å². The molecule has 3 aromatic rings. The Labute approximate surface area is 179 Å². The molecule has 0 saturated heterocycles. The minimum absolute atomic E-state index is 0.126. The lowest BCUT2D eigenvalue weighted by Crippen LogP contribution is -2.21. The van der Waals surface area contributed by atoms with E-state index in [-0.39, 0.29) is 5.75 Å². The van der Waals surface area contributed by atoms with E-state index >= 15 is 0 Å². The van der Waals surface area contributed by atoms with E-state index in [0.29, 0.717) is 30.6 Å². The second-order valence-electron chi connectivity index (χ2n) is 7.59. The van der Waals surface area contributed by atoms with Gasteiger partial charge in [0.25, 0.3) is 0 Å². The molecular formula is C26H22F4O. The van der Waals surface area contributed by atoms with Gasteiger partial charge in [0, 0.05) is 0 Å². The van der Waals surface area contributed by atoms with Gasteiger partial charge >= 0.3 is 6.18 Å². The van der Waals surface area contributed by atoms with Gasteiger partial charge in [-0.2, -0.15) is 13.2 Å². The smallest absolute Gasteiger partial charge is 0.416 e. The van der Waals surface area contributed by atoms with Crippen LogP contribution in [0.15, 0.2) is 72.8 Å². The number of hydrogen-bond donors (Lipinski definition) is 0. The maximum absolute atomic E-state index is 14.1. The molecule has 5 heteroatoms. The van der Waals surface area contributed by atoms with Crippen molar-refractivity contribution in [2.45, 2.75) is 37.8 Å². The van der Waals surface area contributed by atoms with Crippen molar-refractivity contribution in [1.82, 2.24) is 0 Å². The Kier molecular flexibility index (Phi) is 6.70. The van der Waals surface area contributed by atoms with E-state index in [9.17, 15) is 17.6 Å². The molecule has 1 atom stereocenters. The average molecular weight is 426 g/mol. The van der Waals surface area contributed by atoms with Crippen LogP contribution >= 0.6 is 0 Å². The Morgan fingerprint density at radius 3 is 2.29 bits per heavy atom. The molecule has 0 aromatic heterocycles. The standard InChI is InChI=1S/C26H22F4O/c1-3-25(2,20-10-7-11-21(18-20)26(28,29)30)16-8-9-19-14-15-23(27)24(17-19)31-22-12-5-4-6-13-22/h1,4-7,10-15,17-18H,8-9,16H2,2H3. The van der Waals surface area contributed by atoms with Gasteiger partial charge in [-0.3, -0.25) is 0 Å². The van der Waals surface area contributed by atoms with Crippen LogP contribution in [0, 0.1) is 18.2 Å². The molecule has 0 aliphatic heterocycles. The third kappa shape index (κ3) is 5.67. The third-order valence-electron chi connectivity index (χ3n) is 5.25. The quantitative estimate of drug-likeness (QED) is 0.280. The van der Waals surface area contributed by atoms with Crippen molar-refractivity contribution >= 4 is 0 Å². The molecule has 1 nitrogen and oxygen atoms in total. The monoisotopic (exact) mass is 426 g/mol. The highest BCUT2D eigenvalue weighted by Crippen LogP contribution is 2.35. The van der Waals surface area contributed by atoms with Crippen LogP contribution in [0.5, 0.6) is 11.5 Å². The predicted octanol–water partition coefficient (Wildman–Crippen LogP) is 7.55. The number of halogens is 4. The summed E-state index contributed by atoms with van der Waals surface area (Å²) in [7, 11) is 0. The van der Waals surface area contributed by atoms with Crippen LogP contribution in [-0.4, -0.2) is 0 Å². The molecule has 0 radical (unpaired) electrons. The molecule has 31 heavy (non-hydrogen) atoms. The first kappa shape index (κ1) is 22.4. The van der Waals surface area contributed by atoms with Gasteiger partial charge in [-0.25, -0.2) is 4.39 Å². The van der Waals surface area contributed by atoms with E-state index in [1.807, 2.05) is 6.07 Å². The summed E-state index contributed by atoms with van der Waals surface area (Å²) < 4.78 is 58.9. The van der Waals surface area contributed by atoms with Gasteiger partial charge in [0.2, 0.25) is 0 Å². The van der Waals surface area contributed by atoms with E-state index in [1.165, 1.54) is 12.1 Å². The van der Waals surface area contributed by atoms with Gasteiger partial charge in [0.1, 0.15) is 5.75 Å². The number of rotatable bonds is 7. The van der Waals surface area contributed by atoms with E-state index in [2.05, 4.69) is 5.92 Å². The molecule has 0 saturated carbocycles. The molecule has 0 fully saturated rings. The zero-order chi connectivity index (χ0) is 22.5. The number of ether oxygens (including phenoxy) is 1. The number of aryl methyl sites for hydroxylation is 1. The SMILES string of the molecule is C#CC(C)(CCCc1ccc(F)c(Oc2ccccc2)c1)c1cccc(C(F)(F)F)c1. The second-order valence-corrected chi connectivity index (χ2v) is 7.59. The van der Waals surface area contributed by atoms with Crippen LogP contribution in [0.1, 0.15) is 36.5 Å². The van der Waals surface area contributed by atoms with Crippen LogP contribution < -0.4 is 4.74 Å². The molecule has 0 aliphatic rings. The fourth-order valence-electron chi connectivity index (χ4n) is 3.38. The van der Waals surface area contributed by atoms with Gasteiger partial charge in [-0.05, 0) is 67.6 Å². The molecule has 1 unspecified atom stereocenters. The Morgan fingerprint density at radius 1 is 0.903 bits per heavy atom. The Hall–Kier alpha value is -3.26. The van der Waals surface area contributed by atoms with E-state index in [0.717, 1.165) is 17.7 Å². The van der Waals surface area contributed by atoms with Crippen LogP contribution in [0.2, 0.25) is 0 Å². The third-order valence-corrected chi connectivity index (χ3v) is 5.25. The lowest BCUT2D eigenvalue weighted by molar-refractivity contribution is -0.137. The summed E-state index contributed by atoms with van der Waals surface area (Å²) in [5.41, 5.74) is -0.245. The van der Waals surface area contributed by atoms with Crippen molar-refractivity contribution in [3.63, 3.8) is 0 Å². The topological polar surface area (TPSA) is 9.23 Å². The number of alkyl halides is 3. The second kappa shape index (κ2) is 9.26. The summed E-state index contributed by atoms with van der Waals surface area (Å²) >= 11 is 0. The molecule has 0 aliphatic carbocycles.